The SMILES string of the molecule is O=C(NCCc1ccccc1)[C@H]1Cc2ccccc2CN1C(=O)c1cc(Cl)c(O)cc1O. The Morgan fingerprint density at radius 2 is 1.66 bits per heavy atom. The minimum Gasteiger partial charge on any atom is -0.507 e. The van der Waals surface area contributed by atoms with Crippen molar-refractivity contribution in [2.45, 2.75) is 25.4 Å². The third kappa shape index (κ3) is 4.55. The van der Waals surface area contributed by atoms with Crippen molar-refractivity contribution in [3.63, 3.8) is 0 Å². The van der Waals surface area contributed by atoms with Crippen LogP contribution in [-0.2, 0) is 24.2 Å². The summed E-state index contributed by atoms with van der Waals surface area (Å²) in [6, 6.07) is 19.0. The van der Waals surface area contributed by atoms with Crippen molar-refractivity contribution in [3.8, 4) is 11.5 Å². The summed E-state index contributed by atoms with van der Waals surface area (Å²) < 4.78 is 0. The molecule has 0 fully saturated rings. The van der Waals surface area contributed by atoms with Crippen LogP contribution in [0.1, 0.15) is 27.0 Å². The Morgan fingerprint density at radius 3 is 2.41 bits per heavy atom. The molecule has 0 bridgehead atoms. The van der Waals surface area contributed by atoms with E-state index in [2.05, 4.69) is 5.32 Å². The molecule has 3 N–H and O–H groups in total. The number of hydrogen-bond donors (Lipinski definition) is 3. The largest absolute Gasteiger partial charge is 0.507 e. The minimum atomic E-state index is -0.736. The topological polar surface area (TPSA) is 89.9 Å². The Labute approximate surface area is 191 Å². The molecule has 0 aliphatic carbocycles. The normalized spacial score (nSPS) is 15.2. The van der Waals surface area contributed by atoms with Gasteiger partial charge in [0.25, 0.3) is 5.91 Å². The molecule has 0 spiro atoms. The van der Waals surface area contributed by atoms with Crippen LogP contribution in [0, 0.1) is 0 Å². The Hall–Kier alpha value is -3.51. The van der Waals surface area contributed by atoms with E-state index in [0.29, 0.717) is 19.4 Å². The van der Waals surface area contributed by atoms with Crippen LogP contribution in [0.5, 0.6) is 11.5 Å². The van der Waals surface area contributed by atoms with Crippen LogP contribution >= 0.6 is 11.6 Å². The molecule has 0 saturated heterocycles. The molecule has 7 heteroatoms. The van der Waals surface area contributed by atoms with E-state index in [-0.39, 0.29) is 34.5 Å². The zero-order valence-electron chi connectivity index (χ0n) is 17.3. The molecular weight excluding hydrogens is 428 g/mol. The van der Waals surface area contributed by atoms with Crippen molar-refractivity contribution in [1.29, 1.82) is 0 Å². The lowest BCUT2D eigenvalue weighted by Crippen LogP contribution is -2.52. The Bertz CT molecular complexity index is 1150. The van der Waals surface area contributed by atoms with Crippen LogP contribution in [-0.4, -0.2) is 39.5 Å². The van der Waals surface area contributed by atoms with Gasteiger partial charge in [-0.05, 0) is 29.2 Å². The fraction of sp³-hybridized carbons (Fsp3) is 0.200. The van der Waals surface area contributed by atoms with Crippen LogP contribution in [0.15, 0.2) is 66.7 Å². The van der Waals surface area contributed by atoms with Crippen LogP contribution in [0.4, 0.5) is 0 Å². The molecule has 0 radical (unpaired) electrons. The second-order valence-corrected chi connectivity index (χ2v) is 8.18. The molecule has 6 nitrogen and oxygen atoms in total. The lowest BCUT2D eigenvalue weighted by Gasteiger charge is -2.36. The maximum absolute atomic E-state index is 13.3. The minimum absolute atomic E-state index is 0.0487. The van der Waals surface area contributed by atoms with E-state index in [0.717, 1.165) is 22.8 Å². The van der Waals surface area contributed by atoms with Crippen molar-refractivity contribution in [3.05, 3.63) is 94.0 Å². The molecule has 0 saturated carbocycles. The second-order valence-electron chi connectivity index (χ2n) is 7.77. The zero-order chi connectivity index (χ0) is 22.7. The first-order chi connectivity index (χ1) is 15.4. The van der Waals surface area contributed by atoms with Gasteiger partial charge in [-0.2, -0.15) is 0 Å². The molecule has 2 amide bonds. The van der Waals surface area contributed by atoms with E-state index < -0.39 is 11.9 Å². The van der Waals surface area contributed by atoms with Crippen molar-refractivity contribution < 1.29 is 19.8 Å². The van der Waals surface area contributed by atoms with Gasteiger partial charge in [-0.3, -0.25) is 9.59 Å². The van der Waals surface area contributed by atoms with Gasteiger partial charge in [0.2, 0.25) is 5.91 Å². The third-order valence-corrected chi connectivity index (χ3v) is 5.97. The van der Waals surface area contributed by atoms with Crippen molar-refractivity contribution in [2.24, 2.45) is 0 Å². The number of phenolic OH excluding ortho intramolecular Hbond substituents is 2. The third-order valence-electron chi connectivity index (χ3n) is 5.66. The summed E-state index contributed by atoms with van der Waals surface area (Å²) in [5.41, 5.74) is 3.00. The van der Waals surface area contributed by atoms with Crippen molar-refractivity contribution in [1.82, 2.24) is 10.2 Å². The molecule has 164 valence electrons. The highest BCUT2D eigenvalue weighted by Crippen LogP contribution is 2.33. The fourth-order valence-corrected chi connectivity index (χ4v) is 4.10. The Morgan fingerprint density at radius 1 is 0.969 bits per heavy atom. The standard InChI is InChI=1S/C25H23ClN2O4/c26-20-13-19(22(29)14-23(20)30)25(32)28-15-18-9-5-4-8-17(18)12-21(28)24(31)27-11-10-16-6-2-1-3-7-16/h1-9,13-14,21,29-30H,10-12,15H2,(H,27,31)/t21-/m1/s1. The summed E-state index contributed by atoms with van der Waals surface area (Å²) in [6.45, 7) is 0.670. The first kappa shape index (κ1) is 21.7. The smallest absolute Gasteiger partial charge is 0.258 e. The van der Waals surface area contributed by atoms with E-state index >= 15 is 0 Å². The number of rotatable bonds is 5. The van der Waals surface area contributed by atoms with E-state index in [1.54, 1.807) is 0 Å². The van der Waals surface area contributed by atoms with Gasteiger partial charge < -0.3 is 20.4 Å². The first-order valence-corrected chi connectivity index (χ1v) is 10.7. The predicted octanol–water partition coefficient (Wildman–Crippen LogP) is 3.68. The molecule has 1 aliphatic rings. The van der Waals surface area contributed by atoms with Gasteiger partial charge >= 0.3 is 0 Å². The highest BCUT2D eigenvalue weighted by molar-refractivity contribution is 6.32. The molecule has 4 rings (SSSR count). The Kier molecular flexibility index (Phi) is 6.32. The van der Waals surface area contributed by atoms with E-state index in [1.165, 1.54) is 11.0 Å². The summed E-state index contributed by atoms with van der Waals surface area (Å²) in [7, 11) is 0. The van der Waals surface area contributed by atoms with E-state index in [1.807, 2.05) is 54.6 Å². The number of aromatic hydroxyl groups is 2. The molecule has 32 heavy (non-hydrogen) atoms. The summed E-state index contributed by atoms with van der Waals surface area (Å²) in [4.78, 5) is 27.9. The number of fused-ring (bicyclic) bond motifs is 1. The molecule has 3 aromatic rings. The molecular formula is C25H23ClN2O4. The van der Waals surface area contributed by atoms with Crippen LogP contribution in [0.25, 0.3) is 0 Å². The number of nitrogens with one attached hydrogen (secondary N) is 1. The van der Waals surface area contributed by atoms with Gasteiger partial charge in [0.15, 0.2) is 0 Å². The van der Waals surface area contributed by atoms with Gasteiger partial charge in [0, 0.05) is 25.6 Å². The number of amides is 2. The zero-order valence-corrected chi connectivity index (χ0v) is 18.0. The van der Waals surface area contributed by atoms with Crippen LogP contribution in [0.3, 0.4) is 0 Å². The number of nitrogens with zero attached hydrogens (tertiary/aromatic N) is 1. The maximum atomic E-state index is 13.3. The molecule has 0 aromatic heterocycles. The monoisotopic (exact) mass is 450 g/mol. The average Bonchev–Trinajstić information content (AvgIpc) is 2.80. The van der Waals surface area contributed by atoms with Crippen LogP contribution in [0.2, 0.25) is 5.02 Å². The second kappa shape index (κ2) is 9.32. The molecule has 1 aliphatic heterocycles. The lowest BCUT2D eigenvalue weighted by atomic mass is 9.92. The van der Waals surface area contributed by atoms with Crippen molar-refractivity contribution in [2.75, 3.05) is 6.54 Å². The number of carbonyl (C=O) groups excluding carboxylic acids is 2. The molecule has 1 atom stereocenters. The van der Waals surface area contributed by atoms with E-state index in [9.17, 15) is 19.8 Å². The number of carbonyl (C=O) groups is 2. The van der Waals surface area contributed by atoms with Crippen molar-refractivity contribution >= 4 is 23.4 Å². The molecule has 0 unspecified atom stereocenters. The average molecular weight is 451 g/mol. The number of hydrogen-bond acceptors (Lipinski definition) is 4. The highest BCUT2D eigenvalue weighted by atomic mass is 35.5. The van der Waals surface area contributed by atoms with Gasteiger partial charge in [0.05, 0.1) is 10.6 Å². The quantitative estimate of drug-likeness (QED) is 0.553. The predicted molar refractivity (Wildman–Crippen MR) is 122 cm³/mol. The van der Waals surface area contributed by atoms with Gasteiger partial charge in [-0.15, -0.1) is 0 Å². The van der Waals surface area contributed by atoms with Gasteiger partial charge in [-0.25, -0.2) is 0 Å². The highest BCUT2D eigenvalue weighted by Gasteiger charge is 2.36. The summed E-state index contributed by atoms with van der Waals surface area (Å²) in [6.07, 6.45) is 1.05. The molecule has 1 heterocycles. The molecule has 3 aromatic carbocycles. The fourth-order valence-electron chi connectivity index (χ4n) is 3.94. The number of phenols is 2. The number of benzene rings is 3. The lowest BCUT2D eigenvalue weighted by molar-refractivity contribution is -0.126. The summed E-state index contributed by atoms with van der Waals surface area (Å²) in [5.74, 6) is -1.49. The summed E-state index contributed by atoms with van der Waals surface area (Å²) in [5, 5.41) is 22.8. The Balaban J connectivity index is 1.57. The van der Waals surface area contributed by atoms with Gasteiger partial charge in [-0.1, -0.05) is 66.2 Å². The van der Waals surface area contributed by atoms with Crippen LogP contribution < -0.4 is 5.32 Å². The van der Waals surface area contributed by atoms with Gasteiger partial charge in [0.1, 0.15) is 17.5 Å². The summed E-state index contributed by atoms with van der Waals surface area (Å²) >= 11 is 5.96. The van der Waals surface area contributed by atoms with E-state index in [4.69, 9.17) is 11.6 Å². The first-order valence-electron chi connectivity index (χ1n) is 10.3. The maximum Gasteiger partial charge on any atom is 0.258 e. The number of halogens is 1.